The van der Waals surface area contributed by atoms with Gasteiger partial charge in [-0.15, -0.1) is 21.5 Å². The molecular formula is C20H24N4O2S2. The topological polar surface area (TPSA) is 69.0 Å². The van der Waals surface area contributed by atoms with Crippen molar-refractivity contribution in [1.29, 1.82) is 0 Å². The van der Waals surface area contributed by atoms with Gasteiger partial charge < -0.3 is 14.6 Å². The molecule has 1 aromatic carbocycles. The molecule has 0 saturated heterocycles. The van der Waals surface area contributed by atoms with Crippen molar-refractivity contribution in [2.45, 2.75) is 38.9 Å². The Hall–Kier alpha value is -2.32. The van der Waals surface area contributed by atoms with E-state index in [1.807, 2.05) is 24.3 Å². The lowest BCUT2D eigenvalue weighted by atomic mass is 10.1. The molecule has 0 aliphatic rings. The fourth-order valence-corrected chi connectivity index (χ4v) is 4.73. The summed E-state index contributed by atoms with van der Waals surface area (Å²) in [6.45, 7) is 7.12. The maximum absolute atomic E-state index is 12.3. The van der Waals surface area contributed by atoms with Gasteiger partial charge in [-0.2, -0.15) is 0 Å². The summed E-state index contributed by atoms with van der Waals surface area (Å²) in [6.07, 6.45) is 0.966. The summed E-state index contributed by atoms with van der Waals surface area (Å²) in [5, 5.41) is 14.5. The number of thiophene rings is 1. The highest BCUT2D eigenvalue weighted by Crippen LogP contribution is 2.32. The number of rotatable bonds is 8. The smallest absolute Gasteiger partial charge is 0.234 e. The van der Waals surface area contributed by atoms with E-state index in [2.05, 4.69) is 46.2 Å². The third kappa shape index (κ3) is 4.39. The number of thioether (sulfide) groups is 1. The molecule has 0 radical (unpaired) electrons. The number of hydrogen-bond donors (Lipinski definition) is 1. The predicted molar refractivity (Wildman–Crippen MR) is 115 cm³/mol. The Kier molecular flexibility index (Phi) is 6.74. The van der Waals surface area contributed by atoms with Crippen LogP contribution in [0, 0.1) is 6.92 Å². The number of ether oxygens (including phenoxy) is 1. The lowest BCUT2D eigenvalue weighted by Gasteiger charge is -2.09. The molecular weight excluding hydrogens is 392 g/mol. The fourth-order valence-electron chi connectivity index (χ4n) is 2.99. The summed E-state index contributed by atoms with van der Waals surface area (Å²) in [7, 11) is 1.61. The third-order valence-electron chi connectivity index (χ3n) is 4.44. The van der Waals surface area contributed by atoms with E-state index in [0.29, 0.717) is 0 Å². The summed E-state index contributed by atoms with van der Waals surface area (Å²) < 4.78 is 7.20. The molecule has 0 spiro atoms. The summed E-state index contributed by atoms with van der Waals surface area (Å²) in [5.74, 6) is 1.82. The van der Waals surface area contributed by atoms with Crippen molar-refractivity contribution in [3.8, 4) is 17.1 Å². The predicted octanol–water partition coefficient (Wildman–Crippen LogP) is 4.64. The van der Waals surface area contributed by atoms with Crippen LogP contribution < -0.4 is 10.1 Å². The first-order chi connectivity index (χ1) is 13.6. The van der Waals surface area contributed by atoms with Crippen LogP contribution in [0.2, 0.25) is 0 Å². The van der Waals surface area contributed by atoms with Crippen molar-refractivity contribution in [3.05, 3.63) is 40.1 Å². The van der Waals surface area contributed by atoms with Crippen LogP contribution in [-0.4, -0.2) is 33.5 Å². The first-order valence-electron chi connectivity index (χ1n) is 9.14. The summed E-state index contributed by atoms with van der Waals surface area (Å²) in [5.41, 5.74) is 3.21. The van der Waals surface area contributed by atoms with Gasteiger partial charge >= 0.3 is 0 Å². The summed E-state index contributed by atoms with van der Waals surface area (Å²) >= 11 is 3.14. The molecule has 0 aliphatic carbocycles. The fraction of sp³-hybridized carbons (Fsp3) is 0.350. The van der Waals surface area contributed by atoms with Gasteiger partial charge in [-0.1, -0.05) is 18.7 Å². The number of anilines is 1. The molecule has 2 heterocycles. The maximum atomic E-state index is 12.3. The number of nitrogens with one attached hydrogen (secondary N) is 1. The molecule has 3 aromatic rings. The van der Waals surface area contributed by atoms with Gasteiger partial charge in [0.05, 0.1) is 12.9 Å². The van der Waals surface area contributed by atoms with Gasteiger partial charge in [-0.25, -0.2) is 0 Å². The van der Waals surface area contributed by atoms with Crippen molar-refractivity contribution >= 4 is 34.7 Å². The Balaban J connectivity index is 1.69. The van der Waals surface area contributed by atoms with E-state index in [1.165, 1.54) is 22.2 Å². The van der Waals surface area contributed by atoms with Crippen molar-refractivity contribution in [3.63, 3.8) is 0 Å². The van der Waals surface area contributed by atoms with E-state index in [-0.39, 0.29) is 11.7 Å². The Morgan fingerprint density at radius 2 is 2.00 bits per heavy atom. The second-order valence-corrected chi connectivity index (χ2v) is 8.18. The van der Waals surface area contributed by atoms with Crippen molar-refractivity contribution < 1.29 is 9.53 Å². The standard InChI is InChI=1S/C20H24N4O2S2/c1-5-16-13(3)27-11-17(16)19-22-23-20(24(19)6-2)28-12-18(25)21-14-7-9-15(26-4)10-8-14/h7-11H,5-6,12H2,1-4H3,(H,21,25). The first-order valence-corrected chi connectivity index (χ1v) is 11.0. The molecule has 1 amide bonds. The molecule has 1 N–H and O–H groups in total. The second-order valence-electron chi connectivity index (χ2n) is 6.15. The first kappa shape index (κ1) is 20.4. The van der Waals surface area contributed by atoms with Crippen molar-refractivity contribution in [1.82, 2.24) is 14.8 Å². The highest BCUT2D eigenvalue weighted by atomic mass is 32.2. The number of benzene rings is 1. The highest BCUT2D eigenvalue weighted by Gasteiger charge is 2.18. The lowest BCUT2D eigenvalue weighted by molar-refractivity contribution is -0.113. The van der Waals surface area contributed by atoms with Gasteiger partial charge in [0.1, 0.15) is 5.75 Å². The van der Waals surface area contributed by atoms with Crippen LogP contribution in [0.3, 0.4) is 0 Å². The van der Waals surface area contributed by atoms with E-state index >= 15 is 0 Å². The maximum Gasteiger partial charge on any atom is 0.234 e. The SMILES string of the molecule is CCc1c(-c2nnc(SCC(=O)Nc3ccc(OC)cc3)n2CC)csc1C. The third-order valence-corrected chi connectivity index (χ3v) is 6.36. The molecule has 0 fully saturated rings. The van der Waals surface area contributed by atoms with Crippen LogP contribution in [0.15, 0.2) is 34.8 Å². The number of carbonyl (C=O) groups is 1. The molecule has 148 valence electrons. The van der Waals surface area contributed by atoms with Crippen LogP contribution in [0.5, 0.6) is 5.75 Å². The van der Waals surface area contributed by atoms with E-state index in [0.717, 1.165) is 40.9 Å². The number of nitrogens with zero attached hydrogens (tertiary/aromatic N) is 3. The monoisotopic (exact) mass is 416 g/mol. The van der Waals surface area contributed by atoms with Crippen LogP contribution in [-0.2, 0) is 17.8 Å². The van der Waals surface area contributed by atoms with Gasteiger partial charge in [0.15, 0.2) is 11.0 Å². The average molecular weight is 417 g/mol. The molecule has 3 rings (SSSR count). The van der Waals surface area contributed by atoms with Gasteiger partial charge in [-0.05, 0) is 50.1 Å². The van der Waals surface area contributed by atoms with Crippen LogP contribution in [0.1, 0.15) is 24.3 Å². The zero-order valence-electron chi connectivity index (χ0n) is 16.5. The molecule has 0 atom stereocenters. The number of carbonyl (C=O) groups excluding carboxylic acids is 1. The summed E-state index contributed by atoms with van der Waals surface area (Å²) in [6, 6.07) is 7.27. The zero-order valence-corrected chi connectivity index (χ0v) is 18.1. The van der Waals surface area contributed by atoms with Crippen LogP contribution >= 0.6 is 23.1 Å². The number of aromatic nitrogens is 3. The van der Waals surface area contributed by atoms with E-state index in [4.69, 9.17) is 4.74 Å². The van der Waals surface area contributed by atoms with Gasteiger partial charge in [0.2, 0.25) is 5.91 Å². The molecule has 6 nitrogen and oxygen atoms in total. The summed E-state index contributed by atoms with van der Waals surface area (Å²) in [4.78, 5) is 13.6. The van der Waals surface area contributed by atoms with E-state index in [9.17, 15) is 4.79 Å². The number of aryl methyl sites for hydroxylation is 1. The number of methoxy groups -OCH3 is 1. The Morgan fingerprint density at radius 3 is 2.64 bits per heavy atom. The second kappa shape index (κ2) is 9.25. The zero-order chi connectivity index (χ0) is 20.1. The quantitative estimate of drug-likeness (QED) is 0.542. The molecule has 0 aliphatic heterocycles. The molecule has 8 heteroatoms. The molecule has 2 aromatic heterocycles. The number of hydrogen-bond acceptors (Lipinski definition) is 6. The molecule has 0 bridgehead atoms. The Morgan fingerprint density at radius 1 is 1.25 bits per heavy atom. The minimum absolute atomic E-state index is 0.0806. The lowest BCUT2D eigenvalue weighted by Crippen LogP contribution is -2.14. The van der Waals surface area contributed by atoms with Gasteiger partial charge in [0, 0.05) is 28.1 Å². The van der Waals surface area contributed by atoms with E-state index < -0.39 is 0 Å². The molecule has 28 heavy (non-hydrogen) atoms. The van der Waals surface area contributed by atoms with Gasteiger partial charge in [-0.3, -0.25) is 4.79 Å². The van der Waals surface area contributed by atoms with Crippen LogP contribution in [0.25, 0.3) is 11.4 Å². The van der Waals surface area contributed by atoms with Crippen molar-refractivity contribution in [2.24, 2.45) is 0 Å². The van der Waals surface area contributed by atoms with Crippen LogP contribution in [0.4, 0.5) is 5.69 Å². The molecule has 0 saturated carbocycles. The van der Waals surface area contributed by atoms with E-state index in [1.54, 1.807) is 18.4 Å². The average Bonchev–Trinajstić information content (AvgIpc) is 3.29. The normalized spacial score (nSPS) is 10.9. The minimum atomic E-state index is -0.0806. The van der Waals surface area contributed by atoms with Gasteiger partial charge in [0.25, 0.3) is 0 Å². The van der Waals surface area contributed by atoms with Crippen molar-refractivity contribution in [2.75, 3.05) is 18.2 Å². The number of amides is 1. The largest absolute Gasteiger partial charge is 0.497 e. The Labute approximate surface area is 173 Å². The Bertz CT molecular complexity index is 948. The highest BCUT2D eigenvalue weighted by molar-refractivity contribution is 7.99. The molecule has 0 unspecified atom stereocenters. The minimum Gasteiger partial charge on any atom is -0.497 e.